The Kier molecular flexibility index (Phi) is 2.31. The third-order valence-corrected chi connectivity index (χ3v) is 3.42. The van der Waals surface area contributed by atoms with Gasteiger partial charge in [0, 0.05) is 12.1 Å². The molecule has 2 unspecified atom stereocenters. The van der Waals surface area contributed by atoms with E-state index in [1.165, 1.54) is 4.90 Å². The van der Waals surface area contributed by atoms with Crippen molar-refractivity contribution in [3.8, 4) is 0 Å². The maximum Gasteiger partial charge on any atom is 0.407 e. The molecule has 2 bridgehead atoms. The predicted molar refractivity (Wildman–Crippen MR) is 45.5 cm³/mol. The first-order valence-corrected chi connectivity index (χ1v) is 4.97. The molecule has 0 spiro atoms. The molecule has 0 aromatic carbocycles. The van der Waals surface area contributed by atoms with Crippen LogP contribution >= 0.6 is 0 Å². The largest absolute Gasteiger partial charge is 0.465 e. The van der Waals surface area contributed by atoms with E-state index in [1.54, 1.807) is 0 Å². The Labute approximate surface area is 84.9 Å². The Bertz CT molecular complexity index is 265. The highest BCUT2D eigenvalue weighted by Gasteiger charge is 2.51. The number of alkyl halides is 3. The minimum atomic E-state index is -4.18. The summed E-state index contributed by atoms with van der Waals surface area (Å²) >= 11 is 0. The lowest BCUT2D eigenvalue weighted by Crippen LogP contribution is -2.48. The van der Waals surface area contributed by atoms with Gasteiger partial charge in [-0.2, -0.15) is 13.2 Å². The van der Waals surface area contributed by atoms with E-state index >= 15 is 0 Å². The second-order valence-corrected chi connectivity index (χ2v) is 4.28. The lowest BCUT2D eigenvalue weighted by atomic mass is 9.90. The van der Waals surface area contributed by atoms with Crippen LogP contribution in [0.3, 0.4) is 0 Å². The standard InChI is InChI=1S/C9H12F3NO2/c10-9(11,12)5-3-6-1-2-7(4-5)13(6)8(14)15/h5-7H,1-4H2,(H,14,15). The maximum atomic E-state index is 12.5. The Hall–Kier alpha value is -0.940. The number of fused-ring (bicyclic) bond motifs is 2. The second kappa shape index (κ2) is 3.28. The zero-order valence-corrected chi connectivity index (χ0v) is 8.00. The summed E-state index contributed by atoms with van der Waals surface area (Å²) in [6.07, 6.45) is -4.24. The molecule has 0 aliphatic carbocycles. The molecule has 3 nitrogen and oxygen atoms in total. The summed E-state index contributed by atoms with van der Waals surface area (Å²) in [5.74, 6) is -1.31. The molecule has 0 aromatic heterocycles. The van der Waals surface area contributed by atoms with Gasteiger partial charge in [0.15, 0.2) is 0 Å². The van der Waals surface area contributed by atoms with Gasteiger partial charge in [0.2, 0.25) is 0 Å². The summed E-state index contributed by atoms with van der Waals surface area (Å²) in [7, 11) is 0. The number of carbonyl (C=O) groups is 1. The van der Waals surface area contributed by atoms with Gasteiger partial charge in [-0.05, 0) is 25.7 Å². The number of halogens is 3. The van der Waals surface area contributed by atoms with Gasteiger partial charge in [0.25, 0.3) is 0 Å². The minimum Gasteiger partial charge on any atom is -0.465 e. The van der Waals surface area contributed by atoms with Gasteiger partial charge in [-0.3, -0.25) is 0 Å². The third-order valence-electron chi connectivity index (χ3n) is 3.42. The lowest BCUT2D eigenvalue weighted by molar-refractivity contribution is -0.189. The highest BCUT2D eigenvalue weighted by Crippen LogP contribution is 2.44. The molecule has 0 aromatic rings. The van der Waals surface area contributed by atoms with Crippen molar-refractivity contribution in [2.24, 2.45) is 5.92 Å². The quantitative estimate of drug-likeness (QED) is 0.685. The van der Waals surface area contributed by atoms with Crippen molar-refractivity contribution in [3.05, 3.63) is 0 Å². The fraction of sp³-hybridized carbons (Fsp3) is 0.889. The van der Waals surface area contributed by atoms with E-state index in [4.69, 9.17) is 5.11 Å². The van der Waals surface area contributed by atoms with Crippen molar-refractivity contribution >= 4 is 6.09 Å². The van der Waals surface area contributed by atoms with Crippen LogP contribution in [0.4, 0.5) is 18.0 Å². The molecule has 2 saturated heterocycles. The number of hydrogen-bond acceptors (Lipinski definition) is 1. The van der Waals surface area contributed by atoms with Gasteiger partial charge in [0.05, 0.1) is 5.92 Å². The van der Waals surface area contributed by atoms with Gasteiger partial charge in [-0.15, -0.1) is 0 Å². The number of piperidine rings is 1. The van der Waals surface area contributed by atoms with E-state index in [1.807, 2.05) is 0 Å². The van der Waals surface area contributed by atoms with Crippen LogP contribution in [0.5, 0.6) is 0 Å². The highest BCUT2D eigenvalue weighted by molar-refractivity contribution is 5.66. The molecule has 1 amide bonds. The molecule has 2 fully saturated rings. The fourth-order valence-corrected chi connectivity index (χ4v) is 2.76. The van der Waals surface area contributed by atoms with E-state index < -0.39 is 30.3 Å². The van der Waals surface area contributed by atoms with Gasteiger partial charge in [-0.25, -0.2) is 4.79 Å². The molecule has 2 aliphatic rings. The summed E-state index contributed by atoms with van der Waals surface area (Å²) in [5.41, 5.74) is 0. The van der Waals surface area contributed by atoms with Crippen LogP contribution in [0.2, 0.25) is 0 Å². The van der Waals surface area contributed by atoms with Gasteiger partial charge < -0.3 is 10.0 Å². The van der Waals surface area contributed by atoms with Crippen molar-refractivity contribution in [1.82, 2.24) is 4.90 Å². The molecular formula is C9H12F3NO2. The van der Waals surface area contributed by atoms with Crippen LogP contribution in [0.15, 0.2) is 0 Å². The van der Waals surface area contributed by atoms with E-state index in [0.29, 0.717) is 12.8 Å². The molecule has 86 valence electrons. The smallest absolute Gasteiger partial charge is 0.407 e. The monoisotopic (exact) mass is 223 g/mol. The van der Waals surface area contributed by atoms with Crippen LogP contribution in [0, 0.1) is 5.92 Å². The zero-order valence-electron chi connectivity index (χ0n) is 8.00. The SMILES string of the molecule is O=C(O)N1C2CCC1CC(C(F)(F)F)C2. The summed E-state index contributed by atoms with van der Waals surface area (Å²) in [6.45, 7) is 0. The number of nitrogens with zero attached hydrogens (tertiary/aromatic N) is 1. The average molecular weight is 223 g/mol. The van der Waals surface area contributed by atoms with Crippen molar-refractivity contribution in [3.63, 3.8) is 0 Å². The maximum absolute atomic E-state index is 12.5. The predicted octanol–water partition coefficient (Wildman–Crippen LogP) is 2.47. The molecule has 2 atom stereocenters. The summed E-state index contributed by atoms with van der Waals surface area (Å²) in [4.78, 5) is 12.0. The molecule has 2 heterocycles. The van der Waals surface area contributed by atoms with Gasteiger partial charge in [-0.1, -0.05) is 0 Å². The van der Waals surface area contributed by atoms with Crippen LogP contribution in [-0.4, -0.2) is 34.4 Å². The van der Waals surface area contributed by atoms with E-state index in [-0.39, 0.29) is 12.8 Å². The molecule has 15 heavy (non-hydrogen) atoms. The molecule has 6 heteroatoms. The summed E-state index contributed by atoms with van der Waals surface area (Å²) < 4.78 is 37.4. The molecule has 0 radical (unpaired) electrons. The van der Waals surface area contributed by atoms with Crippen LogP contribution in [0.1, 0.15) is 25.7 Å². The van der Waals surface area contributed by atoms with Crippen LogP contribution in [0.25, 0.3) is 0 Å². The van der Waals surface area contributed by atoms with Crippen molar-refractivity contribution < 1.29 is 23.1 Å². The number of carboxylic acid groups (broad SMARTS) is 1. The molecular weight excluding hydrogens is 211 g/mol. The number of rotatable bonds is 0. The normalized spacial score (nSPS) is 35.7. The number of amides is 1. The van der Waals surface area contributed by atoms with Gasteiger partial charge in [0.1, 0.15) is 0 Å². The first kappa shape index (κ1) is 10.6. The molecule has 2 rings (SSSR count). The average Bonchev–Trinajstić information content (AvgIpc) is 2.35. The lowest BCUT2D eigenvalue weighted by Gasteiger charge is -2.37. The van der Waals surface area contributed by atoms with Gasteiger partial charge >= 0.3 is 12.3 Å². The Morgan fingerprint density at radius 1 is 1.20 bits per heavy atom. The van der Waals surface area contributed by atoms with E-state index in [2.05, 4.69) is 0 Å². The Balaban J connectivity index is 2.11. The van der Waals surface area contributed by atoms with E-state index in [0.717, 1.165) is 0 Å². The number of hydrogen-bond donors (Lipinski definition) is 1. The molecule has 2 aliphatic heterocycles. The summed E-state index contributed by atoms with van der Waals surface area (Å²) in [6, 6.07) is -0.847. The summed E-state index contributed by atoms with van der Waals surface area (Å²) in [5, 5.41) is 8.85. The van der Waals surface area contributed by atoms with Crippen LogP contribution < -0.4 is 0 Å². The topological polar surface area (TPSA) is 40.5 Å². The first-order valence-electron chi connectivity index (χ1n) is 4.97. The van der Waals surface area contributed by atoms with Crippen molar-refractivity contribution in [2.45, 2.75) is 43.9 Å². The van der Waals surface area contributed by atoms with Crippen LogP contribution in [-0.2, 0) is 0 Å². The Morgan fingerprint density at radius 2 is 1.67 bits per heavy atom. The molecule has 1 N–H and O–H groups in total. The first-order chi connectivity index (χ1) is 6.89. The fourth-order valence-electron chi connectivity index (χ4n) is 2.76. The minimum absolute atomic E-state index is 0.0632. The van der Waals surface area contributed by atoms with Crippen molar-refractivity contribution in [1.29, 1.82) is 0 Å². The third kappa shape index (κ3) is 1.77. The van der Waals surface area contributed by atoms with Crippen molar-refractivity contribution in [2.75, 3.05) is 0 Å². The molecule has 0 saturated carbocycles. The highest BCUT2D eigenvalue weighted by atomic mass is 19.4. The Morgan fingerprint density at radius 3 is 2.00 bits per heavy atom. The second-order valence-electron chi connectivity index (χ2n) is 4.28. The zero-order chi connectivity index (χ0) is 11.2. The van der Waals surface area contributed by atoms with E-state index in [9.17, 15) is 18.0 Å².